The summed E-state index contributed by atoms with van der Waals surface area (Å²) in [6.07, 6.45) is 7.00. The summed E-state index contributed by atoms with van der Waals surface area (Å²) in [4.78, 5) is 6.30. The highest BCUT2D eigenvalue weighted by Crippen LogP contribution is 2.29. The summed E-state index contributed by atoms with van der Waals surface area (Å²) >= 11 is 0. The summed E-state index contributed by atoms with van der Waals surface area (Å²) in [6.45, 7) is 3.23. The minimum Gasteiger partial charge on any atom is -0.505 e. The third-order valence-electron chi connectivity index (χ3n) is 2.94. The third-order valence-corrected chi connectivity index (χ3v) is 2.94. The Bertz CT molecular complexity index is 614. The van der Waals surface area contributed by atoms with E-state index in [1.54, 1.807) is 6.20 Å². The zero-order valence-corrected chi connectivity index (χ0v) is 10.6. The van der Waals surface area contributed by atoms with Crippen molar-refractivity contribution < 1.29 is 5.11 Å². The number of benzene rings is 1. The number of phenols is 1. The molecular weight excluding hydrogens is 224 g/mol. The molecule has 1 aromatic carbocycles. The van der Waals surface area contributed by atoms with Crippen molar-refractivity contribution in [2.45, 2.75) is 13.5 Å². The Morgan fingerprint density at radius 1 is 1.50 bits per heavy atom. The molecule has 0 aliphatic heterocycles. The number of hydrogen-bond acceptors (Lipinski definition) is 3. The van der Waals surface area contributed by atoms with Crippen molar-refractivity contribution in [1.29, 1.82) is 0 Å². The second-order valence-corrected chi connectivity index (χ2v) is 4.48. The molecule has 3 nitrogen and oxygen atoms in total. The van der Waals surface area contributed by atoms with Gasteiger partial charge in [-0.25, -0.2) is 0 Å². The molecule has 3 heteroatoms. The molecule has 0 bridgehead atoms. The van der Waals surface area contributed by atoms with Crippen molar-refractivity contribution in [2.75, 3.05) is 13.6 Å². The molecule has 0 amide bonds. The quantitative estimate of drug-likeness (QED) is 0.836. The second kappa shape index (κ2) is 5.07. The van der Waals surface area contributed by atoms with Crippen molar-refractivity contribution in [3.8, 4) is 18.1 Å². The van der Waals surface area contributed by atoms with Crippen molar-refractivity contribution in [2.24, 2.45) is 0 Å². The number of aryl methyl sites for hydroxylation is 1. The topological polar surface area (TPSA) is 36.4 Å². The van der Waals surface area contributed by atoms with Gasteiger partial charge in [0, 0.05) is 18.1 Å². The molecule has 0 radical (unpaired) electrons. The number of terminal acetylenes is 1. The summed E-state index contributed by atoms with van der Waals surface area (Å²) < 4.78 is 0. The number of hydrogen-bond donors (Lipinski definition) is 1. The van der Waals surface area contributed by atoms with Crippen LogP contribution in [0.5, 0.6) is 5.75 Å². The van der Waals surface area contributed by atoms with Crippen LogP contribution in [0.1, 0.15) is 11.1 Å². The largest absolute Gasteiger partial charge is 0.505 e. The lowest BCUT2D eigenvalue weighted by Crippen LogP contribution is -2.18. The first-order valence-electron chi connectivity index (χ1n) is 5.81. The van der Waals surface area contributed by atoms with E-state index in [1.165, 1.54) is 0 Å². The van der Waals surface area contributed by atoms with Gasteiger partial charge in [-0.05, 0) is 31.2 Å². The fourth-order valence-electron chi connectivity index (χ4n) is 2.08. The van der Waals surface area contributed by atoms with Crippen molar-refractivity contribution in [3.05, 3.63) is 35.5 Å². The highest BCUT2D eigenvalue weighted by molar-refractivity contribution is 5.88. The first kappa shape index (κ1) is 12.4. The lowest BCUT2D eigenvalue weighted by molar-refractivity contribution is 0.370. The van der Waals surface area contributed by atoms with Crippen molar-refractivity contribution >= 4 is 10.9 Å². The first-order valence-corrected chi connectivity index (χ1v) is 5.81. The summed E-state index contributed by atoms with van der Waals surface area (Å²) in [7, 11) is 1.98. The molecular formula is C15H16N2O. The fraction of sp³-hybridized carbons (Fsp3) is 0.267. The number of aromatic nitrogens is 1. The molecule has 18 heavy (non-hydrogen) atoms. The standard InChI is InChI=1S/C15H16N2O/c1-4-8-17(3)10-12-9-11(2)15(18)14-13(12)6-5-7-16-14/h1,5-7,9,18H,8,10H2,2-3H3. The zero-order chi connectivity index (χ0) is 13.1. The van der Waals surface area contributed by atoms with Crippen LogP contribution in [0.4, 0.5) is 0 Å². The maximum Gasteiger partial charge on any atom is 0.144 e. The predicted molar refractivity (Wildman–Crippen MR) is 73.3 cm³/mol. The summed E-state index contributed by atoms with van der Waals surface area (Å²) in [6, 6.07) is 5.84. The maximum atomic E-state index is 10.0. The molecule has 1 N–H and O–H groups in total. The Labute approximate surface area is 107 Å². The normalized spacial score (nSPS) is 10.8. The molecule has 0 fully saturated rings. The molecule has 0 unspecified atom stereocenters. The van der Waals surface area contributed by atoms with E-state index < -0.39 is 0 Å². The van der Waals surface area contributed by atoms with Gasteiger partial charge >= 0.3 is 0 Å². The van der Waals surface area contributed by atoms with Crippen molar-refractivity contribution in [3.63, 3.8) is 0 Å². The summed E-state index contributed by atoms with van der Waals surface area (Å²) in [5, 5.41) is 11.0. The molecule has 1 aromatic heterocycles. The van der Waals surface area contributed by atoms with Crippen LogP contribution in [-0.2, 0) is 6.54 Å². The van der Waals surface area contributed by atoms with Crippen LogP contribution in [0.2, 0.25) is 0 Å². The van der Waals surface area contributed by atoms with Gasteiger partial charge < -0.3 is 5.11 Å². The lowest BCUT2D eigenvalue weighted by atomic mass is 10.0. The monoisotopic (exact) mass is 240 g/mol. The molecule has 0 atom stereocenters. The van der Waals surface area contributed by atoms with E-state index in [9.17, 15) is 5.11 Å². The van der Waals surface area contributed by atoms with Gasteiger partial charge in [0.15, 0.2) is 0 Å². The minimum atomic E-state index is 0.258. The first-order chi connectivity index (χ1) is 8.63. The number of phenolic OH excluding ortho intramolecular Hbond substituents is 1. The van der Waals surface area contributed by atoms with Gasteiger partial charge in [0.2, 0.25) is 0 Å². The SMILES string of the molecule is C#CCN(C)Cc1cc(C)c(O)c2ncccc12. The van der Waals surface area contributed by atoms with Gasteiger partial charge in [-0.2, -0.15) is 0 Å². The van der Waals surface area contributed by atoms with Gasteiger partial charge in [-0.1, -0.05) is 18.1 Å². The Balaban J connectivity index is 2.51. The number of fused-ring (bicyclic) bond motifs is 1. The van der Waals surface area contributed by atoms with Gasteiger partial charge in [-0.15, -0.1) is 6.42 Å². The van der Waals surface area contributed by atoms with E-state index in [0.717, 1.165) is 23.1 Å². The molecule has 0 saturated heterocycles. The Hall–Kier alpha value is -2.05. The Kier molecular flexibility index (Phi) is 3.50. The second-order valence-electron chi connectivity index (χ2n) is 4.48. The van der Waals surface area contributed by atoms with E-state index in [0.29, 0.717) is 12.1 Å². The molecule has 2 aromatic rings. The number of nitrogens with zero attached hydrogens (tertiary/aromatic N) is 2. The van der Waals surface area contributed by atoms with Crippen LogP contribution in [0.25, 0.3) is 10.9 Å². The Morgan fingerprint density at radius 2 is 2.28 bits per heavy atom. The minimum absolute atomic E-state index is 0.258. The van der Waals surface area contributed by atoms with Crippen LogP contribution < -0.4 is 0 Å². The average molecular weight is 240 g/mol. The highest BCUT2D eigenvalue weighted by atomic mass is 16.3. The van der Waals surface area contributed by atoms with E-state index >= 15 is 0 Å². The molecule has 0 spiro atoms. The van der Waals surface area contributed by atoms with E-state index in [2.05, 4.69) is 15.8 Å². The zero-order valence-electron chi connectivity index (χ0n) is 10.6. The predicted octanol–water partition coefficient (Wildman–Crippen LogP) is 2.31. The smallest absolute Gasteiger partial charge is 0.144 e. The molecule has 0 saturated carbocycles. The van der Waals surface area contributed by atoms with Crippen LogP contribution >= 0.6 is 0 Å². The van der Waals surface area contributed by atoms with E-state index in [4.69, 9.17) is 6.42 Å². The number of aromatic hydroxyl groups is 1. The molecule has 0 aliphatic rings. The van der Waals surface area contributed by atoms with Crippen LogP contribution in [0, 0.1) is 19.3 Å². The van der Waals surface area contributed by atoms with Crippen molar-refractivity contribution in [1.82, 2.24) is 9.88 Å². The fourth-order valence-corrected chi connectivity index (χ4v) is 2.08. The molecule has 2 rings (SSSR count). The highest BCUT2D eigenvalue weighted by Gasteiger charge is 2.10. The molecule has 0 aliphatic carbocycles. The third kappa shape index (κ3) is 2.29. The van der Waals surface area contributed by atoms with Gasteiger partial charge in [0.05, 0.1) is 6.54 Å². The number of rotatable bonds is 3. The van der Waals surface area contributed by atoms with E-state index in [1.807, 2.05) is 32.2 Å². The maximum absolute atomic E-state index is 10.0. The summed E-state index contributed by atoms with van der Waals surface area (Å²) in [5.41, 5.74) is 2.62. The molecule has 92 valence electrons. The van der Waals surface area contributed by atoms with Crippen LogP contribution in [0.15, 0.2) is 24.4 Å². The van der Waals surface area contributed by atoms with Gasteiger partial charge in [0.25, 0.3) is 0 Å². The van der Waals surface area contributed by atoms with Crippen LogP contribution in [-0.4, -0.2) is 28.6 Å². The van der Waals surface area contributed by atoms with Gasteiger partial charge in [0.1, 0.15) is 11.3 Å². The lowest BCUT2D eigenvalue weighted by Gasteiger charge is -2.16. The number of pyridine rings is 1. The van der Waals surface area contributed by atoms with Crippen LogP contribution in [0.3, 0.4) is 0 Å². The molecule has 1 heterocycles. The average Bonchev–Trinajstić information content (AvgIpc) is 2.36. The Morgan fingerprint density at radius 3 is 3.00 bits per heavy atom. The van der Waals surface area contributed by atoms with Gasteiger partial charge in [-0.3, -0.25) is 9.88 Å². The van der Waals surface area contributed by atoms with E-state index in [-0.39, 0.29) is 5.75 Å². The summed E-state index contributed by atoms with van der Waals surface area (Å²) in [5.74, 6) is 2.88.